The molecular formula is C20H29N. The molecule has 1 atom stereocenters. The lowest BCUT2D eigenvalue weighted by atomic mass is 9.83. The van der Waals surface area contributed by atoms with Crippen LogP contribution >= 0.6 is 0 Å². The fraction of sp³-hybridized carbons (Fsp3) is 0.500. The molecule has 1 aliphatic carbocycles. The van der Waals surface area contributed by atoms with Gasteiger partial charge in [-0.1, -0.05) is 50.6 Å². The highest BCUT2D eigenvalue weighted by atomic mass is 14.6. The number of hydrogen-bond donors (Lipinski definition) is 1. The zero-order valence-electron chi connectivity index (χ0n) is 13.7. The number of nitrogen functional groups attached to an aromatic ring is 1. The minimum absolute atomic E-state index is 0.427. The molecule has 1 aliphatic rings. The largest absolute Gasteiger partial charge is 0.398 e. The van der Waals surface area contributed by atoms with Gasteiger partial charge in [0.2, 0.25) is 0 Å². The second-order valence-electron chi connectivity index (χ2n) is 6.47. The Balaban J connectivity index is 2.36. The summed E-state index contributed by atoms with van der Waals surface area (Å²) >= 11 is 0. The SMILES string of the molecule is C=c1cc(CCCCC)c(=C)c(N)c1C1C=C(C)CCC1. The Labute approximate surface area is 129 Å². The van der Waals surface area contributed by atoms with Gasteiger partial charge in [-0.05, 0) is 60.6 Å². The third kappa shape index (κ3) is 3.58. The molecule has 114 valence electrons. The lowest BCUT2D eigenvalue weighted by Crippen LogP contribution is -2.26. The molecule has 21 heavy (non-hydrogen) atoms. The van der Waals surface area contributed by atoms with Crippen LogP contribution in [-0.4, -0.2) is 0 Å². The van der Waals surface area contributed by atoms with Crippen LogP contribution in [-0.2, 0) is 6.42 Å². The van der Waals surface area contributed by atoms with Crippen molar-refractivity contribution in [3.8, 4) is 0 Å². The summed E-state index contributed by atoms with van der Waals surface area (Å²) in [6.07, 6.45) is 10.8. The highest BCUT2D eigenvalue weighted by Gasteiger charge is 2.18. The first-order chi connectivity index (χ1) is 10.0. The molecule has 1 heteroatoms. The first-order valence-electron chi connectivity index (χ1n) is 8.31. The molecule has 0 radical (unpaired) electrons. The van der Waals surface area contributed by atoms with Gasteiger partial charge < -0.3 is 5.73 Å². The molecule has 0 aliphatic heterocycles. The van der Waals surface area contributed by atoms with E-state index in [0.717, 1.165) is 22.5 Å². The van der Waals surface area contributed by atoms with E-state index >= 15 is 0 Å². The lowest BCUT2D eigenvalue weighted by Gasteiger charge is -2.23. The molecule has 2 rings (SSSR count). The monoisotopic (exact) mass is 283 g/mol. The minimum atomic E-state index is 0.427. The predicted molar refractivity (Wildman–Crippen MR) is 94.7 cm³/mol. The molecule has 0 aromatic heterocycles. The molecule has 0 saturated carbocycles. The molecule has 0 bridgehead atoms. The Kier molecular flexibility index (Phi) is 5.27. The van der Waals surface area contributed by atoms with Gasteiger partial charge in [0.25, 0.3) is 0 Å². The van der Waals surface area contributed by atoms with Crippen molar-refractivity contribution in [2.24, 2.45) is 0 Å². The van der Waals surface area contributed by atoms with Gasteiger partial charge in [0.05, 0.1) is 0 Å². The predicted octanol–water partition coefficient (Wildman–Crippen LogP) is 4.04. The fourth-order valence-electron chi connectivity index (χ4n) is 3.45. The second kappa shape index (κ2) is 6.98. The average Bonchev–Trinajstić information content (AvgIpc) is 2.44. The van der Waals surface area contributed by atoms with Crippen molar-refractivity contribution in [1.82, 2.24) is 0 Å². The molecule has 2 N–H and O–H groups in total. The molecule has 1 unspecified atom stereocenters. The first kappa shape index (κ1) is 15.9. The van der Waals surface area contributed by atoms with E-state index in [1.165, 1.54) is 55.2 Å². The number of benzene rings is 1. The number of rotatable bonds is 5. The van der Waals surface area contributed by atoms with Gasteiger partial charge in [0, 0.05) is 11.6 Å². The van der Waals surface area contributed by atoms with Crippen LogP contribution < -0.4 is 16.2 Å². The van der Waals surface area contributed by atoms with Crippen molar-refractivity contribution in [2.75, 3.05) is 5.73 Å². The summed E-state index contributed by atoms with van der Waals surface area (Å²) < 4.78 is 0. The second-order valence-corrected chi connectivity index (χ2v) is 6.47. The zero-order chi connectivity index (χ0) is 15.4. The number of nitrogens with two attached hydrogens (primary N) is 1. The number of hydrogen-bond acceptors (Lipinski definition) is 1. The van der Waals surface area contributed by atoms with Crippen LogP contribution in [0.1, 0.15) is 69.4 Å². The van der Waals surface area contributed by atoms with Crippen LogP contribution in [0.5, 0.6) is 0 Å². The number of aryl methyl sites for hydroxylation is 1. The van der Waals surface area contributed by atoms with Crippen molar-refractivity contribution < 1.29 is 0 Å². The quantitative estimate of drug-likeness (QED) is 0.493. The Morgan fingerprint density at radius 3 is 2.71 bits per heavy atom. The van der Waals surface area contributed by atoms with Crippen molar-refractivity contribution in [1.29, 1.82) is 0 Å². The molecular weight excluding hydrogens is 254 g/mol. The Morgan fingerprint density at radius 2 is 2.05 bits per heavy atom. The van der Waals surface area contributed by atoms with E-state index < -0.39 is 0 Å². The molecule has 0 heterocycles. The van der Waals surface area contributed by atoms with Crippen molar-refractivity contribution in [3.05, 3.63) is 39.3 Å². The summed E-state index contributed by atoms with van der Waals surface area (Å²) in [5.41, 5.74) is 11.3. The van der Waals surface area contributed by atoms with E-state index in [0.29, 0.717) is 5.92 Å². The lowest BCUT2D eigenvalue weighted by molar-refractivity contribution is 0.631. The fourth-order valence-corrected chi connectivity index (χ4v) is 3.45. The summed E-state index contributed by atoms with van der Waals surface area (Å²) in [5.74, 6) is 0.427. The highest BCUT2D eigenvalue weighted by molar-refractivity contribution is 5.56. The van der Waals surface area contributed by atoms with E-state index in [1.807, 2.05) is 0 Å². The summed E-state index contributed by atoms with van der Waals surface area (Å²) in [4.78, 5) is 0. The zero-order valence-corrected chi connectivity index (χ0v) is 13.7. The topological polar surface area (TPSA) is 26.0 Å². The summed E-state index contributed by atoms with van der Waals surface area (Å²) in [6, 6.07) is 2.22. The van der Waals surface area contributed by atoms with Crippen LogP contribution in [0.2, 0.25) is 0 Å². The van der Waals surface area contributed by atoms with Gasteiger partial charge in [-0.3, -0.25) is 0 Å². The van der Waals surface area contributed by atoms with Crippen molar-refractivity contribution in [3.63, 3.8) is 0 Å². The van der Waals surface area contributed by atoms with E-state index in [1.54, 1.807) is 0 Å². The van der Waals surface area contributed by atoms with Crippen molar-refractivity contribution >= 4 is 18.8 Å². The molecule has 1 nitrogen and oxygen atoms in total. The normalized spacial score (nSPS) is 18.6. The molecule has 1 aromatic rings. The van der Waals surface area contributed by atoms with E-state index in [-0.39, 0.29) is 0 Å². The minimum Gasteiger partial charge on any atom is -0.398 e. The Morgan fingerprint density at radius 1 is 1.29 bits per heavy atom. The van der Waals surface area contributed by atoms with Crippen LogP contribution in [0.15, 0.2) is 17.7 Å². The third-order valence-electron chi connectivity index (χ3n) is 4.69. The number of anilines is 1. The first-order valence-corrected chi connectivity index (χ1v) is 8.31. The van der Waals surface area contributed by atoms with Gasteiger partial charge in [-0.25, -0.2) is 0 Å². The summed E-state index contributed by atoms with van der Waals surface area (Å²) in [7, 11) is 0. The summed E-state index contributed by atoms with van der Waals surface area (Å²) in [5, 5.41) is 2.13. The number of allylic oxidation sites excluding steroid dienone is 2. The molecule has 0 fully saturated rings. The molecule has 0 amide bonds. The molecule has 1 aromatic carbocycles. The maximum Gasteiger partial charge on any atom is 0.0428 e. The van der Waals surface area contributed by atoms with Crippen LogP contribution in [0.4, 0.5) is 5.69 Å². The van der Waals surface area contributed by atoms with E-state index in [2.05, 4.69) is 39.1 Å². The summed E-state index contributed by atoms with van der Waals surface area (Å²) in [6.45, 7) is 13.0. The average molecular weight is 283 g/mol. The van der Waals surface area contributed by atoms with Gasteiger partial charge in [0.1, 0.15) is 0 Å². The van der Waals surface area contributed by atoms with Gasteiger partial charge in [-0.2, -0.15) is 0 Å². The molecule has 0 saturated heterocycles. The van der Waals surface area contributed by atoms with Crippen LogP contribution in [0.3, 0.4) is 0 Å². The van der Waals surface area contributed by atoms with E-state index in [9.17, 15) is 0 Å². The van der Waals surface area contributed by atoms with Gasteiger partial charge in [0.15, 0.2) is 0 Å². The molecule has 0 spiro atoms. The third-order valence-corrected chi connectivity index (χ3v) is 4.69. The van der Waals surface area contributed by atoms with Gasteiger partial charge >= 0.3 is 0 Å². The van der Waals surface area contributed by atoms with Crippen LogP contribution in [0, 0.1) is 0 Å². The number of unbranched alkanes of at least 4 members (excludes halogenated alkanes) is 2. The van der Waals surface area contributed by atoms with Gasteiger partial charge in [-0.15, -0.1) is 0 Å². The van der Waals surface area contributed by atoms with Crippen molar-refractivity contribution in [2.45, 2.75) is 64.7 Å². The Bertz CT molecular complexity index is 624. The standard InChI is InChI=1S/C20H29N/c1-5-6-7-10-17-13-15(3)19(20(21)16(17)4)18-11-8-9-14(2)12-18/h12-13,18H,3-11,21H2,1-2H3. The highest BCUT2D eigenvalue weighted by Crippen LogP contribution is 2.31. The Hall–Kier alpha value is -1.50. The maximum absolute atomic E-state index is 6.43. The van der Waals surface area contributed by atoms with E-state index in [4.69, 9.17) is 5.73 Å². The van der Waals surface area contributed by atoms with Crippen LogP contribution in [0.25, 0.3) is 13.2 Å². The maximum atomic E-state index is 6.43. The smallest absolute Gasteiger partial charge is 0.0428 e.